The number of H-pyrrole nitrogens is 1. The molecule has 0 aromatic carbocycles. The van der Waals surface area contributed by atoms with Crippen molar-refractivity contribution in [2.75, 3.05) is 26.2 Å². The number of hydrogen-bond acceptors (Lipinski definition) is 3. The van der Waals surface area contributed by atoms with E-state index in [2.05, 4.69) is 47.3 Å². The maximum Gasteiger partial charge on any atom is 0.223 e. The van der Waals surface area contributed by atoms with Gasteiger partial charge in [-0.05, 0) is 30.2 Å². The molecule has 1 aliphatic carbocycles. The Morgan fingerprint density at radius 3 is 2.96 bits per heavy atom. The predicted octanol–water partition coefficient (Wildman–Crippen LogP) is 2.31. The van der Waals surface area contributed by atoms with Crippen molar-refractivity contribution in [2.24, 2.45) is 11.3 Å². The molecule has 0 radical (unpaired) electrons. The summed E-state index contributed by atoms with van der Waals surface area (Å²) in [5, 5.41) is 10.2. The number of nitrogens with one attached hydrogen (secondary N) is 2. The molecule has 1 aliphatic heterocycles. The third-order valence-corrected chi connectivity index (χ3v) is 5.37. The fourth-order valence-electron chi connectivity index (χ4n) is 3.71. The monoisotopic (exact) mass is 330 g/mol. The zero-order chi connectivity index (χ0) is 17.2. The second-order valence-electron chi connectivity index (χ2n) is 8.13. The van der Waals surface area contributed by atoms with Gasteiger partial charge in [0.15, 0.2) is 0 Å². The number of rotatable bonds is 4. The highest BCUT2D eigenvalue weighted by Crippen LogP contribution is 2.29. The molecule has 0 spiro atoms. The van der Waals surface area contributed by atoms with Crippen LogP contribution in [0.15, 0.2) is 17.8 Å². The Hall–Kier alpha value is -1.62. The summed E-state index contributed by atoms with van der Waals surface area (Å²) >= 11 is 0. The Kier molecular flexibility index (Phi) is 5.09. The van der Waals surface area contributed by atoms with Crippen LogP contribution in [0.2, 0.25) is 0 Å². The van der Waals surface area contributed by atoms with Crippen molar-refractivity contribution in [1.29, 1.82) is 0 Å². The van der Waals surface area contributed by atoms with Crippen molar-refractivity contribution in [2.45, 2.75) is 46.5 Å². The number of aromatic amines is 1. The minimum absolute atomic E-state index is 0.0895. The van der Waals surface area contributed by atoms with E-state index in [0.717, 1.165) is 57.6 Å². The second-order valence-corrected chi connectivity index (χ2v) is 8.13. The molecule has 132 valence electrons. The molecule has 1 aromatic rings. The maximum absolute atomic E-state index is 12.4. The first kappa shape index (κ1) is 17.2. The van der Waals surface area contributed by atoms with Crippen LogP contribution in [0, 0.1) is 11.3 Å². The van der Waals surface area contributed by atoms with Gasteiger partial charge in [-0.1, -0.05) is 32.4 Å². The van der Waals surface area contributed by atoms with Crippen molar-refractivity contribution in [3.8, 4) is 0 Å². The standard InChI is InChI=1S/C19H30N4O/c1-19(2,3)16-6-9-23(10-7-16)11-8-20-18(24)14-4-5-15-13-21-22-17(15)12-14/h6,13-14H,4-5,7-12H2,1-3H3,(H,20,24)(H,21,22)/t14-/m0/s1. The molecule has 24 heavy (non-hydrogen) atoms. The summed E-state index contributed by atoms with van der Waals surface area (Å²) in [6.45, 7) is 10.6. The summed E-state index contributed by atoms with van der Waals surface area (Å²) in [6.07, 6.45) is 8.08. The molecule has 2 N–H and O–H groups in total. The lowest BCUT2D eigenvalue weighted by Gasteiger charge is -2.32. The number of fused-ring (bicyclic) bond motifs is 1. The van der Waals surface area contributed by atoms with Gasteiger partial charge in [0.2, 0.25) is 5.91 Å². The molecule has 1 atom stereocenters. The highest BCUT2D eigenvalue weighted by atomic mass is 16.1. The summed E-state index contributed by atoms with van der Waals surface area (Å²) < 4.78 is 0. The van der Waals surface area contributed by atoms with E-state index in [-0.39, 0.29) is 17.2 Å². The zero-order valence-corrected chi connectivity index (χ0v) is 15.2. The van der Waals surface area contributed by atoms with Gasteiger partial charge < -0.3 is 5.32 Å². The van der Waals surface area contributed by atoms with Gasteiger partial charge in [0, 0.05) is 44.2 Å². The molecular formula is C19H30N4O. The van der Waals surface area contributed by atoms with Crippen molar-refractivity contribution in [3.63, 3.8) is 0 Å². The molecule has 0 bridgehead atoms. The van der Waals surface area contributed by atoms with Crippen LogP contribution in [0.4, 0.5) is 0 Å². The quantitative estimate of drug-likeness (QED) is 0.833. The van der Waals surface area contributed by atoms with Crippen LogP contribution in [-0.2, 0) is 17.6 Å². The van der Waals surface area contributed by atoms with Crippen LogP contribution in [-0.4, -0.2) is 47.2 Å². The Morgan fingerprint density at radius 1 is 1.42 bits per heavy atom. The minimum atomic E-state index is 0.0895. The fourth-order valence-corrected chi connectivity index (χ4v) is 3.71. The number of hydrogen-bond donors (Lipinski definition) is 2. The van der Waals surface area contributed by atoms with Gasteiger partial charge in [-0.3, -0.25) is 14.8 Å². The van der Waals surface area contributed by atoms with Crippen LogP contribution >= 0.6 is 0 Å². The molecule has 5 heteroatoms. The van der Waals surface area contributed by atoms with E-state index in [1.165, 1.54) is 5.56 Å². The summed E-state index contributed by atoms with van der Waals surface area (Å²) in [5.74, 6) is 0.282. The number of amides is 1. The van der Waals surface area contributed by atoms with Crippen molar-refractivity contribution >= 4 is 5.91 Å². The van der Waals surface area contributed by atoms with Gasteiger partial charge in [0.1, 0.15) is 0 Å². The minimum Gasteiger partial charge on any atom is -0.355 e. The molecule has 0 saturated heterocycles. The molecule has 1 aromatic heterocycles. The number of nitrogens with zero attached hydrogens (tertiary/aromatic N) is 2. The van der Waals surface area contributed by atoms with Gasteiger partial charge in [-0.25, -0.2) is 0 Å². The summed E-state index contributed by atoms with van der Waals surface area (Å²) in [5.41, 5.74) is 4.25. The smallest absolute Gasteiger partial charge is 0.223 e. The topological polar surface area (TPSA) is 61.0 Å². The van der Waals surface area contributed by atoms with E-state index in [4.69, 9.17) is 0 Å². The predicted molar refractivity (Wildman–Crippen MR) is 95.7 cm³/mol. The van der Waals surface area contributed by atoms with E-state index in [0.29, 0.717) is 0 Å². The first-order chi connectivity index (χ1) is 11.4. The van der Waals surface area contributed by atoms with Gasteiger partial charge in [0.25, 0.3) is 0 Å². The largest absolute Gasteiger partial charge is 0.355 e. The maximum atomic E-state index is 12.4. The Labute approximate surface area is 144 Å². The normalized spacial score (nSPS) is 22.0. The van der Waals surface area contributed by atoms with E-state index in [1.807, 2.05) is 6.20 Å². The first-order valence-electron chi connectivity index (χ1n) is 9.14. The van der Waals surface area contributed by atoms with Crippen molar-refractivity contribution < 1.29 is 4.79 Å². The second kappa shape index (κ2) is 7.09. The molecule has 0 fully saturated rings. The molecule has 5 nitrogen and oxygen atoms in total. The van der Waals surface area contributed by atoms with Crippen LogP contribution in [0.5, 0.6) is 0 Å². The number of aromatic nitrogens is 2. The van der Waals surface area contributed by atoms with Gasteiger partial charge in [-0.2, -0.15) is 5.10 Å². The van der Waals surface area contributed by atoms with Gasteiger partial charge in [-0.15, -0.1) is 0 Å². The highest BCUT2D eigenvalue weighted by molar-refractivity contribution is 5.79. The van der Waals surface area contributed by atoms with E-state index in [9.17, 15) is 4.79 Å². The van der Waals surface area contributed by atoms with E-state index < -0.39 is 0 Å². The molecule has 3 rings (SSSR count). The highest BCUT2D eigenvalue weighted by Gasteiger charge is 2.26. The number of carbonyl (C=O) groups excluding carboxylic acids is 1. The van der Waals surface area contributed by atoms with Gasteiger partial charge >= 0.3 is 0 Å². The molecule has 0 unspecified atom stereocenters. The lowest BCUT2D eigenvalue weighted by Crippen LogP contribution is -2.40. The number of carbonyl (C=O) groups is 1. The van der Waals surface area contributed by atoms with Gasteiger partial charge in [0.05, 0.1) is 6.20 Å². The zero-order valence-electron chi connectivity index (χ0n) is 15.2. The molecule has 0 saturated carbocycles. The molecule has 2 heterocycles. The third kappa shape index (κ3) is 4.07. The fraction of sp³-hybridized carbons (Fsp3) is 0.684. The summed E-state index contributed by atoms with van der Waals surface area (Å²) in [7, 11) is 0. The molecular weight excluding hydrogens is 300 g/mol. The van der Waals surface area contributed by atoms with Crippen molar-refractivity contribution in [3.05, 3.63) is 29.1 Å². The molecule has 2 aliphatic rings. The van der Waals surface area contributed by atoms with Crippen LogP contribution in [0.1, 0.15) is 44.9 Å². The average molecular weight is 330 g/mol. The number of aryl methyl sites for hydroxylation is 1. The Bertz CT molecular complexity index is 611. The first-order valence-corrected chi connectivity index (χ1v) is 9.14. The Balaban J connectivity index is 1.40. The summed E-state index contributed by atoms with van der Waals surface area (Å²) in [4.78, 5) is 14.8. The lowest BCUT2D eigenvalue weighted by atomic mass is 9.83. The van der Waals surface area contributed by atoms with Crippen LogP contribution in [0.25, 0.3) is 0 Å². The SMILES string of the molecule is CC(C)(C)C1=CCN(CCNC(=O)[C@H]2CCc3cn[nH]c3C2)CC1. The lowest BCUT2D eigenvalue weighted by molar-refractivity contribution is -0.125. The van der Waals surface area contributed by atoms with Crippen molar-refractivity contribution in [1.82, 2.24) is 20.4 Å². The summed E-state index contributed by atoms with van der Waals surface area (Å²) in [6, 6.07) is 0. The van der Waals surface area contributed by atoms with Crippen LogP contribution in [0.3, 0.4) is 0 Å². The van der Waals surface area contributed by atoms with E-state index in [1.54, 1.807) is 5.57 Å². The Morgan fingerprint density at radius 2 is 2.25 bits per heavy atom. The van der Waals surface area contributed by atoms with Crippen LogP contribution < -0.4 is 5.32 Å². The average Bonchev–Trinajstić information content (AvgIpc) is 3.02. The third-order valence-electron chi connectivity index (χ3n) is 5.37. The molecule has 1 amide bonds. The van der Waals surface area contributed by atoms with E-state index >= 15 is 0 Å².